The fraction of sp³-hybridized carbons (Fsp3) is 0.625. The summed E-state index contributed by atoms with van der Waals surface area (Å²) in [6, 6.07) is 3.51. The van der Waals surface area contributed by atoms with Crippen LogP contribution in [0.1, 0.15) is 50.9 Å². The fourth-order valence-corrected chi connectivity index (χ4v) is 1.91. The van der Waals surface area contributed by atoms with Crippen LogP contribution in [0.3, 0.4) is 0 Å². The number of nitrogens with two attached hydrogens (primary N) is 1. The first-order chi connectivity index (χ1) is 9.41. The van der Waals surface area contributed by atoms with Gasteiger partial charge in [-0.2, -0.15) is 0 Å². The summed E-state index contributed by atoms with van der Waals surface area (Å²) in [5.41, 5.74) is 6.33. The Morgan fingerprint density at radius 1 is 1.20 bits per heavy atom. The largest absolute Gasteiger partial charge is 0.383 e. The van der Waals surface area contributed by atoms with E-state index in [1.165, 1.54) is 0 Å². The molecule has 0 aliphatic rings. The van der Waals surface area contributed by atoms with E-state index in [0.29, 0.717) is 23.2 Å². The van der Waals surface area contributed by atoms with Crippen molar-refractivity contribution in [3.05, 3.63) is 23.9 Å². The molecule has 1 aromatic rings. The Morgan fingerprint density at radius 3 is 2.20 bits per heavy atom. The van der Waals surface area contributed by atoms with Crippen LogP contribution < -0.4 is 5.73 Å². The fourth-order valence-electron chi connectivity index (χ4n) is 1.91. The molecule has 2 N–H and O–H groups in total. The first-order valence-corrected chi connectivity index (χ1v) is 7.41. The molecule has 0 bridgehead atoms. The smallest absolute Gasteiger partial charge is 0.257 e. The molecule has 4 nitrogen and oxygen atoms in total. The normalized spacial score (nSPS) is 11.1. The Kier molecular flexibility index (Phi) is 6.49. The summed E-state index contributed by atoms with van der Waals surface area (Å²) < 4.78 is 0. The van der Waals surface area contributed by atoms with Gasteiger partial charge in [-0.3, -0.25) is 4.79 Å². The predicted octanol–water partition coefficient (Wildman–Crippen LogP) is 3.20. The summed E-state index contributed by atoms with van der Waals surface area (Å²) >= 11 is 0. The average Bonchev–Trinajstić information content (AvgIpc) is 2.38. The number of rotatable bonds is 7. The highest BCUT2D eigenvalue weighted by molar-refractivity contribution is 5.98. The standard InChI is InChI=1S/C16H27N3O/c1-12(2)7-10-19(11-8-13(3)4)16(20)14-6-5-9-18-15(14)17/h5-6,9,12-13H,7-8,10-11H2,1-4H3,(H2,17,18). The molecule has 0 unspecified atom stereocenters. The van der Waals surface area contributed by atoms with E-state index < -0.39 is 0 Å². The minimum Gasteiger partial charge on any atom is -0.383 e. The van der Waals surface area contributed by atoms with Crippen LogP contribution in [0.5, 0.6) is 0 Å². The minimum absolute atomic E-state index is 0.00287. The Balaban J connectivity index is 2.80. The number of hydrogen-bond acceptors (Lipinski definition) is 3. The molecule has 112 valence electrons. The van der Waals surface area contributed by atoms with Crippen molar-refractivity contribution in [2.75, 3.05) is 18.8 Å². The summed E-state index contributed by atoms with van der Waals surface area (Å²) in [7, 11) is 0. The molecule has 0 aliphatic carbocycles. The van der Waals surface area contributed by atoms with Crippen LogP contribution in [0.4, 0.5) is 5.82 Å². The molecule has 1 heterocycles. The van der Waals surface area contributed by atoms with E-state index in [1.807, 2.05) is 4.90 Å². The van der Waals surface area contributed by atoms with Crippen molar-refractivity contribution >= 4 is 11.7 Å². The van der Waals surface area contributed by atoms with Crippen molar-refractivity contribution in [3.63, 3.8) is 0 Å². The lowest BCUT2D eigenvalue weighted by Crippen LogP contribution is -2.34. The first kappa shape index (κ1) is 16.5. The molecule has 0 aliphatic heterocycles. The molecule has 4 heteroatoms. The van der Waals surface area contributed by atoms with E-state index in [2.05, 4.69) is 32.7 Å². The SMILES string of the molecule is CC(C)CCN(CCC(C)C)C(=O)c1cccnc1N. The van der Waals surface area contributed by atoms with Gasteiger partial charge in [0.05, 0.1) is 5.56 Å². The molecule has 0 spiro atoms. The van der Waals surface area contributed by atoms with Crippen LogP contribution in [0, 0.1) is 11.8 Å². The highest BCUT2D eigenvalue weighted by Gasteiger charge is 2.18. The van der Waals surface area contributed by atoms with Crippen LogP contribution in [-0.2, 0) is 0 Å². The van der Waals surface area contributed by atoms with E-state index >= 15 is 0 Å². The van der Waals surface area contributed by atoms with Crippen molar-refractivity contribution in [2.45, 2.75) is 40.5 Å². The summed E-state index contributed by atoms with van der Waals surface area (Å²) in [6.07, 6.45) is 3.62. The molecule has 0 fully saturated rings. The van der Waals surface area contributed by atoms with Gasteiger partial charge in [0.15, 0.2) is 0 Å². The summed E-state index contributed by atoms with van der Waals surface area (Å²) in [6.45, 7) is 10.2. The third kappa shape index (κ3) is 5.19. The second-order valence-corrected chi connectivity index (χ2v) is 6.09. The number of nitrogen functional groups attached to an aromatic ring is 1. The number of carbonyl (C=O) groups excluding carboxylic acids is 1. The maximum Gasteiger partial charge on any atom is 0.257 e. The maximum atomic E-state index is 12.6. The number of amides is 1. The Labute approximate surface area is 122 Å². The summed E-state index contributed by atoms with van der Waals surface area (Å²) in [4.78, 5) is 18.5. The van der Waals surface area contributed by atoms with Gasteiger partial charge < -0.3 is 10.6 Å². The summed E-state index contributed by atoms with van der Waals surface area (Å²) in [5, 5.41) is 0. The van der Waals surface area contributed by atoms with Gasteiger partial charge >= 0.3 is 0 Å². The van der Waals surface area contributed by atoms with E-state index in [0.717, 1.165) is 25.9 Å². The second-order valence-electron chi connectivity index (χ2n) is 6.09. The topological polar surface area (TPSA) is 59.2 Å². The predicted molar refractivity (Wildman–Crippen MR) is 83.5 cm³/mol. The van der Waals surface area contributed by atoms with Gasteiger partial charge in [-0.15, -0.1) is 0 Å². The van der Waals surface area contributed by atoms with Gasteiger partial charge in [-0.1, -0.05) is 27.7 Å². The molecule has 0 aromatic carbocycles. The van der Waals surface area contributed by atoms with Crippen LogP contribution in [-0.4, -0.2) is 28.9 Å². The third-order valence-corrected chi connectivity index (χ3v) is 3.31. The molecule has 0 saturated carbocycles. The molecule has 0 saturated heterocycles. The molecule has 1 rings (SSSR count). The van der Waals surface area contributed by atoms with Gasteiger partial charge in [0.2, 0.25) is 0 Å². The zero-order chi connectivity index (χ0) is 15.1. The van der Waals surface area contributed by atoms with Crippen LogP contribution >= 0.6 is 0 Å². The van der Waals surface area contributed by atoms with Crippen LogP contribution in [0.2, 0.25) is 0 Å². The number of pyridine rings is 1. The van der Waals surface area contributed by atoms with Crippen molar-refractivity contribution in [2.24, 2.45) is 11.8 Å². The number of hydrogen-bond donors (Lipinski definition) is 1. The number of anilines is 1. The molecule has 1 aromatic heterocycles. The van der Waals surface area contributed by atoms with E-state index in [4.69, 9.17) is 5.73 Å². The van der Waals surface area contributed by atoms with Gasteiger partial charge in [-0.25, -0.2) is 4.98 Å². The third-order valence-electron chi connectivity index (χ3n) is 3.31. The Hall–Kier alpha value is -1.58. The van der Waals surface area contributed by atoms with Crippen molar-refractivity contribution < 1.29 is 4.79 Å². The highest BCUT2D eigenvalue weighted by atomic mass is 16.2. The van der Waals surface area contributed by atoms with Crippen molar-refractivity contribution in [1.29, 1.82) is 0 Å². The zero-order valence-electron chi connectivity index (χ0n) is 13.1. The zero-order valence-corrected chi connectivity index (χ0v) is 13.1. The maximum absolute atomic E-state index is 12.6. The Morgan fingerprint density at radius 2 is 1.75 bits per heavy atom. The number of nitrogens with zero attached hydrogens (tertiary/aromatic N) is 2. The molecular weight excluding hydrogens is 250 g/mol. The monoisotopic (exact) mass is 277 g/mol. The lowest BCUT2D eigenvalue weighted by molar-refractivity contribution is 0.0741. The molecule has 1 amide bonds. The molecule has 20 heavy (non-hydrogen) atoms. The highest BCUT2D eigenvalue weighted by Crippen LogP contribution is 2.14. The van der Waals surface area contributed by atoms with Crippen molar-refractivity contribution in [3.8, 4) is 0 Å². The summed E-state index contributed by atoms with van der Waals surface area (Å²) in [5.74, 6) is 1.47. The van der Waals surface area contributed by atoms with E-state index in [-0.39, 0.29) is 5.91 Å². The van der Waals surface area contributed by atoms with Crippen molar-refractivity contribution in [1.82, 2.24) is 9.88 Å². The number of aromatic nitrogens is 1. The lowest BCUT2D eigenvalue weighted by atomic mass is 10.1. The lowest BCUT2D eigenvalue weighted by Gasteiger charge is -2.25. The van der Waals surface area contributed by atoms with Gasteiger partial charge in [-0.05, 0) is 36.8 Å². The van der Waals surface area contributed by atoms with E-state index in [1.54, 1.807) is 18.3 Å². The van der Waals surface area contributed by atoms with E-state index in [9.17, 15) is 4.79 Å². The molecule has 0 radical (unpaired) electrons. The van der Waals surface area contributed by atoms with Crippen LogP contribution in [0.15, 0.2) is 18.3 Å². The molecular formula is C16H27N3O. The van der Waals surface area contributed by atoms with Gasteiger partial charge in [0.1, 0.15) is 5.82 Å². The van der Waals surface area contributed by atoms with Gasteiger partial charge in [0.25, 0.3) is 5.91 Å². The first-order valence-electron chi connectivity index (χ1n) is 7.41. The number of carbonyl (C=O) groups is 1. The average molecular weight is 277 g/mol. The minimum atomic E-state index is -0.00287. The quantitative estimate of drug-likeness (QED) is 0.832. The second kappa shape index (κ2) is 7.88. The molecule has 0 atom stereocenters. The van der Waals surface area contributed by atoms with Gasteiger partial charge in [0, 0.05) is 19.3 Å². The Bertz CT molecular complexity index is 417. The van der Waals surface area contributed by atoms with Crippen LogP contribution in [0.25, 0.3) is 0 Å².